The third-order valence-electron chi connectivity index (χ3n) is 2.24. The molecular formula is C12H11BrF3NO3. The normalized spacial score (nSPS) is 11.2. The van der Waals surface area contributed by atoms with Crippen molar-refractivity contribution in [3.8, 4) is 5.88 Å². The van der Waals surface area contributed by atoms with Crippen LogP contribution in [-0.2, 0) is 6.18 Å². The number of carboxylic acids is 1. The number of rotatable bonds is 6. The van der Waals surface area contributed by atoms with Gasteiger partial charge in [-0.1, -0.05) is 6.08 Å². The van der Waals surface area contributed by atoms with Gasteiger partial charge in [-0.3, -0.25) is 0 Å². The molecule has 1 N–H and O–H groups in total. The quantitative estimate of drug-likeness (QED) is 0.622. The fraction of sp³-hybridized carbons (Fsp3) is 0.333. The number of carboxylic acid groups (broad SMARTS) is 1. The first kappa shape index (κ1) is 16.5. The molecule has 0 radical (unpaired) electrons. The van der Waals surface area contributed by atoms with Gasteiger partial charge in [-0.15, -0.1) is 6.58 Å². The Labute approximate surface area is 121 Å². The van der Waals surface area contributed by atoms with Crippen LogP contribution in [0.5, 0.6) is 5.88 Å². The number of aromatic carboxylic acids is 1. The Morgan fingerprint density at radius 2 is 2.20 bits per heavy atom. The summed E-state index contributed by atoms with van der Waals surface area (Å²) in [4.78, 5) is 14.3. The Hall–Kier alpha value is -1.57. The molecule has 0 aromatic carbocycles. The summed E-state index contributed by atoms with van der Waals surface area (Å²) < 4.78 is 43.2. The van der Waals surface area contributed by atoms with E-state index in [0.717, 1.165) is 0 Å². The van der Waals surface area contributed by atoms with Crippen molar-refractivity contribution < 1.29 is 27.8 Å². The Morgan fingerprint density at radius 3 is 2.70 bits per heavy atom. The summed E-state index contributed by atoms with van der Waals surface area (Å²) in [7, 11) is 0. The van der Waals surface area contributed by atoms with Crippen LogP contribution in [0, 0.1) is 0 Å². The predicted molar refractivity (Wildman–Crippen MR) is 68.8 cm³/mol. The summed E-state index contributed by atoms with van der Waals surface area (Å²) in [5, 5.41) is 8.85. The van der Waals surface area contributed by atoms with Gasteiger partial charge in [0, 0.05) is 0 Å². The van der Waals surface area contributed by atoms with Gasteiger partial charge < -0.3 is 9.84 Å². The maximum Gasteiger partial charge on any atom is 0.421 e. The molecule has 1 aromatic heterocycles. The van der Waals surface area contributed by atoms with Crippen molar-refractivity contribution >= 4 is 21.9 Å². The van der Waals surface area contributed by atoms with Crippen molar-refractivity contribution in [2.75, 3.05) is 6.61 Å². The molecule has 1 heterocycles. The molecular weight excluding hydrogens is 343 g/mol. The highest BCUT2D eigenvalue weighted by molar-refractivity contribution is 9.10. The smallest absolute Gasteiger partial charge is 0.421 e. The molecule has 0 atom stereocenters. The first-order valence-electron chi connectivity index (χ1n) is 5.52. The zero-order valence-electron chi connectivity index (χ0n) is 10.2. The molecule has 0 aliphatic heterocycles. The van der Waals surface area contributed by atoms with Crippen molar-refractivity contribution in [2.45, 2.75) is 19.0 Å². The molecule has 0 aliphatic carbocycles. The molecule has 8 heteroatoms. The number of nitrogens with zero attached hydrogens (tertiary/aromatic N) is 1. The van der Waals surface area contributed by atoms with Gasteiger partial charge in [0.05, 0.1) is 11.1 Å². The monoisotopic (exact) mass is 353 g/mol. The number of hydrogen-bond acceptors (Lipinski definition) is 3. The van der Waals surface area contributed by atoms with Crippen molar-refractivity contribution in [1.29, 1.82) is 0 Å². The minimum Gasteiger partial charge on any atom is -0.477 e. The van der Waals surface area contributed by atoms with Gasteiger partial charge in [0.25, 0.3) is 0 Å². The Morgan fingerprint density at radius 1 is 1.55 bits per heavy atom. The number of ether oxygens (including phenoxy) is 1. The van der Waals surface area contributed by atoms with Gasteiger partial charge in [-0.25, -0.2) is 9.78 Å². The van der Waals surface area contributed by atoms with Gasteiger partial charge in [0.1, 0.15) is 5.56 Å². The van der Waals surface area contributed by atoms with Crippen molar-refractivity contribution in [3.63, 3.8) is 0 Å². The van der Waals surface area contributed by atoms with E-state index in [0.29, 0.717) is 18.9 Å². The van der Waals surface area contributed by atoms with E-state index in [1.165, 1.54) is 0 Å². The topological polar surface area (TPSA) is 59.4 Å². The molecule has 0 amide bonds. The van der Waals surface area contributed by atoms with Gasteiger partial charge in [0.2, 0.25) is 5.88 Å². The van der Waals surface area contributed by atoms with Crippen molar-refractivity contribution in [3.05, 3.63) is 34.5 Å². The van der Waals surface area contributed by atoms with Crippen LogP contribution in [0.4, 0.5) is 13.2 Å². The number of allylic oxidation sites excluding steroid dienone is 1. The minimum absolute atomic E-state index is 0.0111. The standard InChI is InChI=1S/C12H11BrF3NO3/c1-2-3-4-5-20-10-7(12(14,15)16)6-8(13)9(17-10)11(18)19/h2,6H,1,3-5H2,(H,18,19). The van der Waals surface area contributed by atoms with Crippen LogP contribution < -0.4 is 4.74 Å². The highest BCUT2D eigenvalue weighted by Crippen LogP contribution is 2.37. The van der Waals surface area contributed by atoms with Crippen LogP contribution in [0.1, 0.15) is 28.9 Å². The number of hydrogen-bond donors (Lipinski definition) is 1. The van der Waals surface area contributed by atoms with Gasteiger partial charge in [-0.2, -0.15) is 13.2 Å². The van der Waals surface area contributed by atoms with E-state index in [1.54, 1.807) is 6.08 Å². The molecule has 1 rings (SSSR count). The van der Waals surface area contributed by atoms with Gasteiger partial charge in [-0.05, 0) is 34.8 Å². The zero-order chi connectivity index (χ0) is 15.3. The van der Waals surface area contributed by atoms with Crippen molar-refractivity contribution in [2.24, 2.45) is 0 Å². The Kier molecular flexibility index (Phi) is 5.55. The molecule has 0 saturated heterocycles. The molecule has 1 aromatic rings. The van der Waals surface area contributed by atoms with Crippen molar-refractivity contribution in [1.82, 2.24) is 4.98 Å². The summed E-state index contributed by atoms with van der Waals surface area (Å²) >= 11 is 2.76. The molecule has 0 unspecified atom stereocenters. The lowest BCUT2D eigenvalue weighted by molar-refractivity contribution is -0.139. The number of alkyl halides is 3. The Bertz CT molecular complexity index is 517. The second kappa shape index (κ2) is 6.74. The van der Waals surface area contributed by atoms with Crippen LogP contribution in [0.15, 0.2) is 23.2 Å². The summed E-state index contributed by atoms with van der Waals surface area (Å²) in [6.45, 7) is 3.46. The lowest BCUT2D eigenvalue weighted by Crippen LogP contribution is -2.14. The second-order valence-corrected chi connectivity index (χ2v) is 4.61. The number of unbranched alkanes of at least 4 members (excludes halogenated alkanes) is 1. The molecule has 0 saturated carbocycles. The molecule has 0 bridgehead atoms. The number of carbonyl (C=O) groups is 1. The van der Waals surface area contributed by atoms with E-state index in [1.807, 2.05) is 0 Å². The van der Waals surface area contributed by atoms with Crippen LogP contribution in [0.2, 0.25) is 0 Å². The average Bonchev–Trinajstić information content (AvgIpc) is 2.34. The third-order valence-corrected chi connectivity index (χ3v) is 2.84. The van der Waals surface area contributed by atoms with E-state index >= 15 is 0 Å². The molecule has 0 fully saturated rings. The highest BCUT2D eigenvalue weighted by Gasteiger charge is 2.37. The summed E-state index contributed by atoms with van der Waals surface area (Å²) in [6, 6.07) is 0.652. The van der Waals surface area contributed by atoms with Crippen LogP contribution in [0.3, 0.4) is 0 Å². The maximum absolute atomic E-state index is 12.8. The lowest BCUT2D eigenvalue weighted by atomic mass is 10.2. The molecule has 0 aliphatic rings. The zero-order valence-corrected chi connectivity index (χ0v) is 11.8. The maximum atomic E-state index is 12.8. The SMILES string of the molecule is C=CCCCOc1nc(C(=O)O)c(Br)cc1C(F)(F)F. The van der Waals surface area contributed by atoms with Crippen LogP contribution in [0.25, 0.3) is 0 Å². The van der Waals surface area contributed by atoms with E-state index in [-0.39, 0.29) is 11.1 Å². The molecule has 20 heavy (non-hydrogen) atoms. The van der Waals surface area contributed by atoms with Crippen LogP contribution in [-0.4, -0.2) is 22.7 Å². The second-order valence-electron chi connectivity index (χ2n) is 3.75. The number of aromatic nitrogens is 1. The van der Waals surface area contributed by atoms with Gasteiger partial charge >= 0.3 is 12.1 Å². The summed E-state index contributed by atoms with van der Waals surface area (Å²) in [6.07, 6.45) is -2.04. The minimum atomic E-state index is -4.68. The first-order chi connectivity index (χ1) is 9.27. The van der Waals surface area contributed by atoms with E-state index in [9.17, 15) is 18.0 Å². The molecule has 4 nitrogen and oxygen atoms in total. The fourth-order valence-corrected chi connectivity index (χ4v) is 1.82. The van der Waals surface area contributed by atoms with Gasteiger partial charge in [0.15, 0.2) is 5.69 Å². The average molecular weight is 354 g/mol. The highest BCUT2D eigenvalue weighted by atomic mass is 79.9. The number of pyridine rings is 1. The van der Waals surface area contributed by atoms with Crippen LogP contribution >= 0.6 is 15.9 Å². The molecule has 110 valence electrons. The first-order valence-corrected chi connectivity index (χ1v) is 6.31. The number of halogens is 4. The fourth-order valence-electron chi connectivity index (χ4n) is 1.33. The third kappa shape index (κ3) is 4.22. The largest absolute Gasteiger partial charge is 0.477 e. The van der Waals surface area contributed by atoms with E-state index < -0.39 is 29.3 Å². The Balaban J connectivity index is 3.12. The predicted octanol–water partition coefficient (Wildman–Crippen LogP) is 3.91. The summed E-state index contributed by atoms with van der Waals surface area (Å²) in [5.74, 6) is -2.18. The molecule has 0 spiro atoms. The van der Waals surface area contributed by atoms with E-state index in [2.05, 4.69) is 27.5 Å². The summed E-state index contributed by atoms with van der Waals surface area (Å²) in [5.41, 5.74) is -1.65. The van der Waals surface area contributed by atoms with E-state index in [4.69, 9.17) is 9.84 Å². The lowest BCUT2D eigenvalue weighted by Gasteiger charge is -2.14.